The van der Waals surface area contributed by atoms with Crippen LogP contribution in [-0.4, -0.2) is 70.5 Å². The smallest absolute Gasteiger partial charge is 0.326 e. The van der Waals surface area contributed by atoms with Crippen LogP contribution in [0.4, 0.5) is 0 Å². The molecule has 0 heterocycles. The van der Waals surface area contributed by atoms with E-state index < -0.39 is 66.1 Å². The van der Waals surface area contributed by atoms with Crippen LogP contribution in [0.5, 0.6) is 5.75 Å². The molecule has 4 atom stereocenters. The zero-order chi connectivity index (χ0) is 28.1. The van der Waals surface area contributed by atoms with E-state index in [1.165, 1.54) is 24.3 Å². The number of unbranched alkanes of at least 4 members (excludes halogenated alkanes) is 1. The van der Waals surface area contributed by atoms with Crippen LogP contribution >= 0.6 is 0 Å². The molecular weight excluding hydrogens is 484 g/mol. The lowest BCUT2D eigenvalue weighted by Crippen LogP contribution is -2.58. The predicted molar refractivity (Wildman–Crippen MR) is 135 cm³/mol. The Morgan fingerprint density at radius 2 is 1.49 bits per heavy atom. The number of phenolic OH excluding ortho intramolecular Hbond substituents is 1. The summed E-state index contributed by atoms with van der Waals surface area (Å²) in [4.78, 5) is 61.3. The van der Waals surface area contributed by atoms with Gasteiger partial charge in [-0.2, -0.15) is 0 Å². The first-order chi connectivity index (χ1) is 17.3. The van der Waals surface area contributed by atoms with Gasteiger partial charge in [0.25, 0.3) is 0 Å². The number of nitrogens with two attached hydrogens (primary N) is 3. The summed E-state index contributed by atoms with van der Waals surface area (Å²) in [6, 6.07) is 1.17. The second kappa shape index (κ2) is 15.4. The fourth-order valence-electron chi connectivity index (χ4n) is 3.47. The van der Waals surface area contributed by atoms with E-state index in [1.54, 1.807) is 13.8 Å². The molecule has 1 aromatic carbocycles. The number of primary amides is 1. The summed E-state index contributed by atoms with van der Waals surface area (Å²) in [5.41, 5.74) is 16.8. The van der Waals surface area contributed by atoms with Gasteiger partial charge in [0.15, 0.2) is 0 Å². The first kappa shape index (κ1) is 31.3. The number of aromatic hydroxyl groups is 1. The molecule has 13 nitrogen and oxygen atoms in total. The number of carboxylic acids is 1. The molecule has 4 amide bonds. The van der Waals surface area contributed by atoms with Crippen molar-refractivity contribution in [1.82, 2.24) is 16.0 Å². The fraction of sp³-hybridized carbons (Fsp3) is 0.542. The quantitative estimate of drug-likeness (QED) is 0.117. The number of hydrogen-bond donors (Lipinski definition) is 8. The Kier molecular flexibility index (Phi) is 13.0. The number of carbonyl (C=O) groups is 5. The average Bonchev–Trinajstić information content (AvgIpc) is 2.81. The van der Waals surface area contributed by atoms with Crippen molar-refractivity contribution in [3.05, 3.63) is 29.8 Å². The SMILES string of the molecule is CC(C)C(NC(=O)C(N)CC(N)=O)C(=O)NC(CCCCN)C(=O)NC(Cc1ccc(O)cc1)C(=O)O. The van der Waals surface area contributed by atoms with Crippen molar-refractivity contribution in [1.29, 1.82) is 0 Å². The minimum absolute atomic E-state index is 0.0183. The first-order valence-electron chi connectivity index (χ1n) is 12.0. The summed E-state index contributed by atoms with van der Waals surface area (Å²) in [7, 11) is 0. The molecule has 0 fully saturated rings. The van der Waals surface area contributed by atoms with Crippen molar-refractivity contribution >= 4 is 29.6 Å². The van der Waals surface area contributed by atoms with Gasteiger partial charge in [-0.25, -0.2) is 4.79 Å². The van der Waals surface area contributed by atoms with Gasteiger partial charge in [0, 0.05) is 6.42 Å². The number of benzene rings is 1. The molecule has 0 aromatic heterocycles. The third kappa shape index (κ3) is 11.3. The van der Waals surface area contributed by atoms with Crippen molar-refractivity contribution in [3.8, 4) is 5.75 Å². The average molecular weight is 523 g/mol. The second-order valence-corrected chi connectivity index (χ2v) is 9.12. The van der Waals surface area contributed by atoms with Gasteiger partial charge in [-0.05, 0) is 49.4 Å². The summed E-state index contributed by atoms with van der Waals surface area (Å²) in [6.07, 6.45) is 0.780. The van der Waals surface area contributed by atoms with E-state index in [0.29, 0.717) is 24.9 Å². The van der Waals surface area contributed by atoms with Gasteiger partial charge < -0.3 is 43.4 Å². The standard InChI is InChI=1S/C24H38N6O7/c1-13(2)20(30-21(33)16(26)12-19(27)32)23(35)28-17(5-3-4-10-25)22(34)29-18(24(36)37)11-14-6-8-15(31)9-7-14/h6-9,13,16-18,20,31H,3-5,10-12,25-26H2,1-2H3,(H2,27,32)(H,28,35)(H,29,34)(H,30,33)(H,36,37). The molecule has 0 saturated carbocycles. The van der Waals surface area contributed by atoms with E-state index in [2.05, 4.69) is 16.0 Å². The van der Waals surface area contributed by atoms with E-state index >= 15 is 0 Å². The Hall–Kier alpha value is -3.71. The molecule has 13 heteroatoms. The summed E-state index contributed by atoms with van der Waals surface area (Å²) in [6.45, 7) is 3.71. The molecular formula is C24H38N6O7. The minimum atomic E-state index is -1.29. The molecule has 1 aromatic rings. The molecule has 4 unspecified atom stereocenters. The molecule has 0 bridgehead atoms. The lowest BCUT2D eigenvalue weighted by atomic mass is 10.0. The van der Waals surface area contributed by atoms with E-state index in [0.717, 1.165) is 0 Å². The van der Waals surface area contributed by atoms with E-state index in [9.17, 15) is 34.2 Å². The van der Waals surface area contributed by atoms with Gasteiger partial charge in [0.2, 0.25) is 23.6 Å². The maximum absolute atomic E-state index is 13.1. The van der Waals surface area contributed by atoms with Gasteiger partial charge in [-0.3, -0.25) is 19.2 Å². The summed E-state index contributed by atoms with van der Waals surface area (Å²) < 4.78 is 0. The number of nitrogens with one attached hydrogen (secondary N) is 3. The number of rotatable bonds is 16. The first-order valence-corrected chi connectivity index (χ1v) is 12.0. The van der Waals surface area contributed by atoms with Gasteiger partial charge in [-0.1, -0.05) is 26.0 Å². The molecule has 0 aliphatic carbocycles. The Balaban J connectivity index is 3.00. The minimum Gasteiger partial charge on any atom is -0.508 e. The van der Waals surface area contributed by atoms with Gasteiger partial charge in [0.1, 0.15) is 23.9 Å². The lowest BCUT2D eigenvalue weighted by molar-refractivity contribution is -0.142. The summed E-state index contributed by atoms with van der Waals surface area (Å²) in [5.74, 6) is -4.57. The number of carbonyl (C=O) groups excluding carboxylic acids is 4. The fourth-order valence-corrected chi connectivity index (χ4v) is 3.47. The summed E-state index contributed by atoms with van der Waals surface area (Å²) in [5, 5.41) is 26.6. The molecule has 0 aliphatic rings. The van der Waals surface area contributed by atoms with Crippen LogP contribution in [0.2, 0.25) is 0 Å². The van der Waals surface area contributed by atoms with Crippen LogP contribution in [0.15, 0.2) is 24.3 Å². The normalized spacial score (nSPS) is 14.2. The van der Waals surface area contributed by atoms with Crippen LogP contribution in [0.3, 0.4) is 0 Å². The Labute approximate surface area is 215 Å². The maximum Gasteiger partial charge on any atom is 0.326 e. The zero-order valence-electron chi connectivity index (χ0n) is 21.1. The van der Waals surface area contributed by atoms with E-state index in [1.807, 2.05) is 0 Å². The van der Waals surface area contributed by atoms with Gasteiger partial charge in [0.05, 0.1) is 12.5 Å². The van der Waals surface area contributed by atoms with Crippen molar-refractivity contribution in [2.45, 2.75) is 70.1 Å². The highest BCUT2D eigenvalue weighted by Crippen LogP contribution is 2.12. The largest absolute Gasteiger partial charge is 0.508 e. The molecule has 1 rings (SSSR count). The Morgan fingerprint density at radius 1 is 0.892 bits per heavy atom. The maximum atomic E-state index is 13.1. The van der Waals surface area contributed by atoms with Crippen LogP contribution in [0.25, 0.3) is 0 Å². The molecule has 0 spiro atoms. The molecule has 11 N–H and O–H groups in total. The third-order valence-electron chi connectivity index (χ3n) is 5.58. The summed E-state index contributed by atoms with van der Waals surface area (Å²) >= 11 is 0. The van der Waals surface area contributed by atoms with Crippen molar-refractivity contribution < 1.29 is 34.2 Å². The third-order valence-corrected chi connectivity index (χ3v) is 5.58. The van der Waals surface area contributed by atoms with Crippen LogP contribution in [0.1, 0.15) is 45.1 Å². The number of carboxylic acid groups (broad SMARTS) is 1. The highest BCUT2D eigenvalue weighted by Gasteiger charge is 2.31. The highest BCUT2D eigenvalue weighted by atomic mass is 16.4. The monoisotopic (exact) mass is 522 g/mol. The predicted octanol–water partition coefficient (Wildman–Crippen LogP) is -1.54. The van der Waals surface area contributed by atoms with Gasteiger partial charge in [-0.15, -0.1) is 0 Å². The van der Waals surface area contributed by atoms with Crippen LogP contribution < -0.4 is 33.2 Å². The van der Waals surface area contributed by atoms with Crippen LogP contribution in [-0.2, 0) is 30.4 Å². The van der Waals surface area contributed by atoms with E-state index in [-0.39, 0.29) is 18.6 Å². The zero-order valence-corrected chi connectivity index (χ0v) is 21.1. The highest BCUT2D eigenvalue weighted by molar-refractivity contribution is 5.95. The Morgan fingerprint density at radius 3 is 2.00 bits per heavy atom. The van der Waals surface area contributed by atoms with Crippen molar-refractivity contribution in [3.63, 3.8) is 0 Å². The lowest BCUT2D eigenvalue weighted by Gasteiger charge is -2.27. The van der Waals surface area contributed by atoms with Crippen LogP contribution in [0, 0.1) is 5.92 Å². The number of phenols is 1. The number of hydrogen-bond acceptors (Lipinski definition) is 8. The topological polar surface area (TPSA) is 240 Å². The van der Waals surface area contributed by atoms with Crippen molar-refractivity contribution in [2.24, 2.45) is 23.1 Å². The second-order valence-electron chi connectivity index (χ2n) is 9.12. The molecule has 37 heavy (non-hydrogen) atoms. The van der Waals surface area contributed by atoms with E-state index in [4.69, 9.17) is 17.2 Å². The van der Waals surface area contributed by atoms with Crippen molar-refractivity contribution in [2.75, 3.05) is 6.54 Å². The molecule has 0 aliphatic heterocycles. The number of amides is 4. The van der Waals surface area contributed by atoms with Gasteiger partial charge >= 0.3 is 5.97 Å². The molecule has 0 saturated heterocycles. The molecule has 206 valence electrons. The number of aliphatic carboxylic acids is 1. The molecule has 0 radical (unpaired) electrons. The Bertz CT molecular complexity index is 938.